The average Bonchev–Trinajstić information content (AvgIpc) is 2.48. The highest BCUT2D eigenvalue weighted by atomic mass is 16.5. The summed E-state index contributed by atoms with van der Waals surface area (Å²) in [4.78, 5) is 0. The molecule has 1 spiro atoms. The van der Waals surface area contributed by atoms with Gasteiger partial charge in [-0.25, -0.2) is 0 Å². The van der Waals surface area contributed by atoms with Gasteiger partial charge in [-0.15, -0.1) is 0 Å². The summed E-state index contributed by atoms with van der Waals surface area (Å²) >= 11 is 0. The average molecular weight is 294 g/mol. The normalized spacial score (nSPS) is 40.6. The molecule has 1 heterocycles. The zero-order valence-corrected chi connectivity index (χ0v) is 14.1. The van der Waals surface area contributed by atoms with Gasteiger partial charge in [-0.2, -0.15) is 0 Å². The quantitative estimate of drug-likeness (QED) is 0.800. The van der Waals surface area contributed by atoms with Gasteiger partial charge >= 0.3 is 0 Å². The van der Waals surface area contributed by atoms with Crippen LogP contribution in [0.5, 0.6) is 0 Å². The van der Waals surface area contributed by atoms with Gasteiger partial charge in [0.15, 0.2) is 0 Å². The molecule has 0 aromatic rings. The van der Waals surface area contributed by atoms with Gasteiger partial charge in [-0.3, -0.25) is 0 Å². The van der Waals surface area contributed by atoms with E-state index in [1.54, 1.807) is 0 Å². The molecule has 0 amide bonds. The lowest BCUT2D eigenvalue weighted by Crippen LogP contribution is -2.51. The number of hydrogen-bond donors (Lipinski definition) is 1. The first-order chi connectivity index (χ1) is 10.0. The summed E-state index contributed by atoms with van der Waals surface area (Å²) in [6.45, 7) is 5.52. The molecule has 0 aromatic heterocycles. The standard InChI is InChI=1S/C19H34O2/c1-15(2)16-7-6-11-19(20,13-16)17-8-12-21-18(14-17)9-4-3-5-10-18/h15-17,20H,3-14H2,1-2H3. The molecule has 3 fully saturated rings. The molecule has 1 saturated heterocycles. The zero-order chi connectivity index (χ0) is 14.9. The maximum Gasteiger partial charge on any atom is 0.0686 e. The summed E-state index contributed by atoms with van der Waals surface area (Å²) in [6.07, 6.45) is 13.2. The van der Waals surface area contributed by atoms with Gasteiger partial charge in [0, 0.05) is 6.61 Å². The number of rotatable bonds is 2. The van der Waals surface area contributed by atoms with Crippen LogP contribution in [0, 0.1) is 17.8 Å². The van der Waals surface area contributed by atoms with Gasteiger partial charge < -0.3 is 9.84 Å². The van der Waals surface area contributed by atoms with Crippen LogP contribution >= 0.6 is 0 Å². The van der Waals surface area contributed by atoms with E-state index in [2.05, 4.69) is 13.8 Å². The van der Waals surface area contributed by atoms with Gasteiger partial charge in [0.2, 0.25) is 0 Å². The highest BCUT2D eigenvalue weighted by Crippen LogP contribution is 2.49. The van der Waals surface area contributed by atoms with Crippen LogP contribution in [0.1, 0.15) is 84.5 Å². The lowest BCUT2D eigenvalue weighted by Gasteiger charge is -2.50. The SMILES string of the molecule is CC(C)C1CCCC(O)(C2CCOC3(CCCCC3)C2)C1. The number of aliphatic hydroxyl groups is 1. The van der Waals surface area contributed by atoms with Crippen LogP contribution in [0.15, 0.2) is 0 Å². The molecule has 2 aliphatic carbocycles. The van der Waals surface area contributed by atoms with Crippen molar-refractivity contribution in [1.29, 1.82) is 0 Å². The molecule has 2 heteroatoms. The largest absolute Gasteiger partial charge is 0.390 e. The van der Waals surface area contributed by atoms with Crippen molar-refractivity contribution >= 4 is 0 Å². The second-order valence-electron chi connectivity index (χ2n) is 8.49. The van der Waals surface area contributed by atoms with E-state index in [1.807, 2.05) is 0 Å². The molecule has 3 unspecified atom stereocenters. The van der Waals surface area contributed by atoms with Crippen LogP contribution in [0.25, 0.3) is 0 Å². The molecule has 0 aromatic carbocycles. The topological polar surface area (TPSA) is 29.5 Å². The second-order valence-corrected chi connectivity index (χ2v) is 8.49. The maximum absolute atomic E-state index is 11.4. The monoisotopic (exact) mass is 294 g/mol. The van der Waals surface area contributed by atoms with Gasteiger partial charge in [0.05, 0.1) is 11.2 Å². The van der Waals surface area contributed by atoms with Crippen molar-refractivity contribution in [2.45, 2.75) is 95.7 Å². The highest BCUT2D eigenvalue weighted by Gasteiger charge is 2.48. The van der Waals surface area contributed by atoms with Crippen LogP contribution in [-0.2, 0) is 4.74 Å². The van der Waals surface area contributed by atoms with Crippen LogP contribution < -0.4 is 0 Å². The summed E-state index contributed by atoms with van der Waals surface area (Å²) in [5, 5.41) is 11.4. The van der Waals surface area contributed by atoms with Crippen LogP contribution in [0.3, 0.4) is 0 Å². The van der Waals surface area contributed by atoms with Crippen LogP contribution in [0.2, 0.25) is 0 Å². The minimum Gasteiger partial charge on any atom is -0.390 e. The third-order valence-electron chi connectivity index (χ3n) is 6.76. The fraction of sp³-hybridized carbons (Fsp3) is 1.00. The molecular formula is C19H34O2. The highest BCUT2D eigenvalue weighted by molar-refractivity contribution is 4.99. The molecule has 3 aliphatic rings. The van der Waals surface area contributed by atoms with Crippen LogP contribution in [0.4, 0.5) is 0 Å². The second kappa shape index (κ2) is 6.20. The molecule has 2 nitrogen and oxygen atoms in total. The Kier molecular flexibility index (Phi) is 4.66. The summed E-state index contributed by atoms with van der Waals surface area (Å²) < 4.78 is 6.24. The third-order valence-corrected chi connectivity index (χ3v) is 6.76. The van der Waals surface area contributed by atoms with Crippen molar-refractivity contribution in [1.82, 2.24) is 0 Å². The molecule has 2 saturated carbocycles. The van der Waals surface area contributed by atoms with Gasteiger partial charge in [0.1, 0.15) is 0 Å². The van der Waals surface area contributed by atoms with Crippen molar-refractivity contribution < 1.29 is 9.84 Å². The molecule has 0 bridgehead atoms. The smallest absolute Gasteiger partial charge is 0.0686 e. The van der Waals surface area contributed by atoms with Gasteiger partial charge in [-0.05, 0) is 62.7 Å². The first kappa shape index (κ1) is 15.8. The van der Waals surface area contributed by atoms with E-state index in [0.717, 1.165) is 32.3 Å². The van der Waals surface area contributed by atoms with Crippen molar-refractivity contribution in [3.8, 4) is 0 Å². The molecule has 3 atom stereocenters. The van der Waals surface area contributed by atoms with Crippen molar-refractivity contribution in [3.05, 3.63) is 0 Å². The number of hydrogen-bond acceptors (Lipinski definition) is 2. The lowest BCUT2D eigenvalue weighted by atomic mass is 9.63. The van der Waals surface area contributed by atoms with Gasteiger partial charge in [0.25, 0.3) is 0 Å². The van der Waals surface area contributed by atoms with Gasteiger partial charge in [-0.1, -0.05) is 39.5 Å². The Morgan fingerprint density at radius 3 is 2.43 bits per heavy atom. The Morgan fingerprint density at radius 1 is 0.952 bits per heavy atom. The number of ether oxygens (including phenoxy) is 1. The van der Waals surface area contributed by atoms with E-state index in [0.29, 0.717) is 17.8 Å². The van der Waals surface area contributed by atoms with Crippen molar-refractivity contribution in [2.24, 2.45) is 17.8 Å². The first-order valence-electron chi connectivity index (χ1n) is 9.39. The maximum atomic E-state index is 11.4. The Bertz CT molecular complexity index is 340. The Hall–Kier alpha value is -0.0800. The molecular weight excluding hydrogens is 260 g/mol. The van der Waals surface area contributed by atoms with E-state index in [1.165, 1.54) is 44.9 Å². The van der Waals surface area contributed by atoms with Crippen molar-refractivity contribution in [3.63, 3.8) is 0 Å². The Labute approximate surface area is 130 Å². The van der Waals surface area contributed by atoms with E-state index < -0.39 is 5.60 Å². The molecule has 0 radical (unpaired) electrons. The van der Waals surface area contributed by atoms with Crippen molar-refractivity contribution in [2.75, 3.05) is 6.61 Å². The Morgan fingerprint density at radius 2 is 1.71 bits per heavy atom. The minimum absolute atomic E-state index is 0.127. The molecule has 3 rings (SSSR count). The first-order valence-corrected chi connectivity index (χ1v) is 9.39. The summed E-state index contributed by atoms with van der Waals surface area (Å²) in [7, 11) is 0. The fourth-order valence-corrected chi connectivity index (χ4v) is 5.30. The van der Waals surface area contributed by atoms with Crippen LogP contribution in [-0.4, -0.2) is 22.9 Å². The lowest BCUT2D eigenvalue weighted by molar-refractivity contribution is -0.168. The summed E-state index contributed by atoms with van der Waals surface area (Å²) in [5.41, 5.74) is -0.275. The minimum atomic E-state index is -0.401. The molecule has 1 aliphatic heterocycles. The van der Waals surface area contributed by atoms with E-state index in [4.69, 9.17) is 4.74 Å². The predicted molar refractivity (Wildman–Crippen MR) is 86.2 cm³/mol. The van der Waals surface area contributed by atoms with E-state index >= 15 is 0 Å². The third kappa shape index (κ3) is 3.32. The molecule has 122 valence electrons. The zero-order valence-electron chi connectivity index (χ0n) is 14.1. The summed E-state index contributed by atoms with van der Waals surface area (Å²) in [5.74, 6) is 1.90. The molecule has 21 heavy (non-hydrogen) atoms. The fourth-order valence-electron chi connectivity index (χ4n) is 5.30. The Balaban J connectivity index is 1.69. The predicted octanol–water partition coefficient (Wildman–Crippen LogP) is 4.69. The molecule has 1 N–H and O–H groups in total. The summed E-state index contributed by atoms with van der Waals surface area (Å²) in [6, 6.07) is 0. The van der Waals surface area contributed by atoms with E-state index in [-0.39, 0.29) is 5.60 Å². The van der Waals surface area contributed by atoms with E-state index in [9.17, 15) is 5.11 Å².